The summed E-state index contributed by atoms with van der Waals surface area (Å²) < 4.78 is 0.771. The van der Waals surface area contributed by atoms with Crippen molar-refractivity contribution < 1.29 is 9.90 Å². The van der Waals surface area contributed by atoms with Crippen molar-refractivity contribution in [1.29, 1.82) is 0 Å². The van der Waals surface area contributed by atoms with Crippen LogP contribution in [0.2, 0.25) is 0 Å². The molecular formula is C9H10INO2. The minimum absolute atomic E-state index is 0.254. The minimum atomic E-state index is -0.458. The molecule has 0 heterocycles. The molecule has 0 saturated heterocycles. The van der Waals surface area contributed by atoms with Gasteiger partial charge in [-0.2, -0.15) is 0 Å². The van der Waals surface area contributed by atoms with Crippen LogP contribution in [0.1, 0.15) is 5.56 Å². The lowest BCUT2D eigenvalue weighted by atomic mass is 10.1. The van der Waals surface area contributed by atoms with Crippen molar-refractivity contribution in [3.8, 4) is 5.75 Å². The predicted octanol–water partition coefficient (Wildman–Crippen LogP) is 1.07. The molecule has 0 fully saturated rings. The molecule has 0 radical (unpaired) electrons. The van der Waals surface area contributed by atoms with E-state index in [4.69, 9.17) is 5.73 Å². The van der Waals surface area contributed by atoms with Gasteiger partial charge in [-0.25, -0.2) is 0 Å². The Bertz CT molecular complexity index is 314. The molecule has 0 aliphatic carbocycles. The maximum absolute atomic E-state index is 10.3. The average Bonchev–Trinajstić information content (AvgIpc) is 2.11. The molecule has 0 amide bonds. The molecule has 4 heteroatoms. The van der Waals surface area contributed by atoms with Crippen LogP contribution in [0.4, 0.5) is 0 Å². The number of aromatic hydroxyl groups is 1. The van der Waals surface area contributed by atoms with Crippen molar-refractivity contribution >= 4 is 28.9 Å². The van der Waals surface area contributed by atoms with Crippen LogP contribution in [0.5, 0.6) is 5.75 Å². The fraction of sp³-hybridized carbons (Fsp3) is 0.222. The monoisotopic (exact) mass is 291 g/mol. The molecule has 1 aromatic carbocycles. The number of aldehydes is 1. The van der Waals surface area contributed by atoms with Gasteiger partial charge in [-0.1, -0.05) is 6.07 Å². The molecule has 0 aliphatic rings. The highest BCUT2D eigenvalue weighted by Crippen LogP contribution is 2.20. The summed E-state index contributed by atoms with van der Waals surface area (Å²) in [6, 6.07) is 4.73. The Morgan fingerprint density at radius 1 is 1.62 bits per heavy atom. The first-order valence-corrected chi connectivity index (χ1v) is 4.89. The molecule has 1 rings (SSSR count). The predicted molar refractivity (Wildman–Crippen MR) is 58.6 cm³/mol. The summed E-state index contributed by atoms with van der Waals surface area (Å²) in [5.41, 5.74) is 6.42. The lowest BCUT2D eigenvalue weighted by Crippen LogP contribution is -2.24. The minimum Gasteiger partial charge on any atom is -0.507 e. The molecule has 3 N–H and O–H groups in total. The molecule has 0 bridgehead atoms. The van der Waals surface area contributed by atoms with Gasteiger partial charge < -0.3 is 15.6 Å². The number of hydrogen-bond donors (Lipinski definition) is 2. The number of nitrogens with two attached hydrogens (primary N) is 1. The highest BCUT2D eigenvalue weighted by atomic mass is 127. The number of carbonyl (C=O) groups excluding carboxylic acids is 1. The van der Waals surface area contributed by atoms with Crippen molar-refractivity contribution in [3.05, 3.63) is 27.3 Å². The van der Waals surface area contributed by atoms with Crippen molar-refractivity contribution in [2.24, 2.45) is 5.73 Å². The van der Waals surface area contributed by atoms with Crippen LogP contribution < -0.4 is 5.73 Å². The van der Waals surface area contributed by atoms with E-state index in [0.717, 1.165) is 15.4 Å². The van der Waals surface area contributed by atoms with Gasteiger partial charge >= 0.3 is 0 Å². The second-order valence-electron chi connectivity index (χ2n) is 2.79. The summed E-state index contributed by atoms with van der Waals surface area (Å²) in [4.78, 5) is 10.3. The van der Waals surface area contributed by atoms with Crippen LogP contribution in [-0.4, -0.2) is 17.4 Å². The number of rotatable bonds is 3. The van der Waals surface area contributed by atoms with Crippen molar-refractivity contribution in [1.82, 2.24) is 0 Å². The Labute approximate surface area is 90.1 Å². The SMILES string of the molecule is NC(C=O)Cc1ccc(O)c(I)c1. The zero-order valence-corrected chi connectivity index (χ0v) is 9.06. The first kappa shape index (κ1) is 10.5. The number of benzene rings is 1. The van der Waals surface area contributed by atoms with Gasteiger partial charge in [0.25, 0.3) is 0 Å². The van der Waals surface area contributed by atoms with E-state index in [1.165, 1.54) is 0 Å². The maximum atomic E-state index is 10.3. The van der Waals surface area contributed by atoms with Crippen LogP contribution >= 0.6 is 22.6 Å². The summed E-state index contributed by atoms with van der Waals surface area (Å²) in [7, 11) is 0. The maximum Gasteiger partial charge on any atom is 0.137 e. The lowest BCUT2D eigenvalue weighted by molar-refractivity contribution is -0.108. The Kier molecular flexibility index (Phi) is 3.68. The second kappa shape index (κ2) is 4.57. The van der Waals surface area contributed by atoms with Gasteiger partial charge in [-0.05, 0) is 46.7 Å². The second-order valence-corrected chi connectivity index (χ2v) is 3.95. The fourth-order valence-corrected chi connectivity index (χ4v) is 1.58. The Hall–Kier alpha value is -0.620. The van der Waals surface area contributed by atoms with Gasteiger partial charge in [-0.3, -0.25) is 0 Å². The molecule has 70 valence electrons. The average molecular weight is 291 g/mol. The number of carbonyl (C=O) groups is 1. The topological polar surface area (TPSA) is 63.3 Å². The molecule has 0 saturated carbocycles. The van der Waals surface area contributed by atoms with Crippen molar-refractivity contribution in [2.75, 3.05) is 0 Å². The molecule has 1 aromatic rings. The van der Waals surface area contributed by atoms with Gasteiger partial charge in [0.2, 0.25) is 0 Å². The summed E-state index contributed by atoms with van der Waals surface area (Å²) in [5.74, 6) is 0.254. The van der Waals surface area contributed by atoms with Gasteiger partial charge in [0.15, 0.2) is 0 Å². The third-order valence-electron chi connectivity index (χ3n) is 1.66. The van der Waals surface area contributed by atoms with Crippen molar-refractivity contribution in [3.63, 3.8) is 0 Å². The molecule has 13 heavy (non-hydrogen) atoms. The molecule has 1 unspecified atom stereocenters. The quantitative estimate of drug-likeness (QED) is 0.646. The van der Waals surface area contributed by atoms with Gasteiger partial charge in [0.05, 0.1) is 9.61 Å². The first-order valence-electron chi connectivity index (χ1n) is 3.81. The van der Waals surface area contributed by atoms with E-state index in [1.54, 1.807) is 12.1 Å². The molecule has 0 spiro atoms. The first-order chi connectivity index (χ1) is 6.13. The Morgan fingerprint density at radius 2 is 2.31 bits per heavy atom. The number of phenols is 1. The summed E-state index contributed by atoms with van der Waals surface area (Å²) in [6.07, 6.45) is 1.24. The van der Waals surface area contributed by atoms with Crippen molar-refractivity contribution in [2.45, 2.75) is 12.5 Å². The Morgan fingerprint density at radius 3 is 2.85 bits per heavy atom. The highest BCUT2D eigenvalue weighted by Gasteiger charge is 2.04. The zero-order valence-electron chi connectivity index (χ0n) is 6.90. The lowest BCUT2D eigenvalue weighted by Gasteiger charge is -2.05. The zero-order chi connectivity index (χ0) is 9.84. The standard InChI is InChI=1S/C9H10INO2/c10-8-4-6(1-2-9(8)13)3-7(11)5-12/h1-2,4-5,7,13H,3,11H2. The van der Waals surface area contributed by atoms with Gasteiger partial charge in [0, 0.05) is 0 Å². The number of phenolic OH excluding ortho intramolecular Hbond substituents is 1. The van der Waals surface area contributed by atoms with Crippen LogP contribution in [0.25, 0.3) is 0 Å². The van der Waals surface area contributed by atoms with Crippen LogP contribution in [0, 0.1) is 3.57 Å². The summed E-state index contributed by atoms with van der Waals surface area (Å²) >= 11 is 2.03. The van der Waals surface area contributed by atoms with E-state index >= 15 is 0 Å². The Balaban J connectivity index is 2.79. The summed E-state index contributed by atoms with van der Waals surface area (Å²) in [6.45, 7) is 0. The normalized spacial score (nSPS) is 12.5. The van der Waals surface area contributed by atoms with E-state index in [-0.39, 0.29) is 5.75 Å². The fourth-order valence-electron chi connectivity index (χ4n) is 0.998. The van der Waals surface area contributed by atoms with Gasteiger partial charge in [-0.15, -0.1) is 0 Å². The van der Waals surface area contributed by atoms with Gasteiger partial charge in [0.1, 0.15) is 12.0 Å². The molecule has 0 aliphatic heterocycles. The molecule has 0 aromatic heterocycles. The van der Waals surface area contributed by atoms with E-state index in [9.17, 15) is 9.90 Å². The molecule has 3 nitrogen and oxygen atoms in total. The van der Waals surface area contributed by atoms with Crippen LogP contribution in [0.3, 0.4) is 0 Å². The summed E-state index contributed by atoms with van der Waals surface area (Å²) in [5, 5.41) is 9.23. The number of hydrogen-bond acceptors (Lipinski definition) is 3. The van der Waals surface area contributed by atoms with E-state index in [2.05, 4.69) is 0 Å². The third-order valence-corrected chi connectivity index (χ3v) is 2.52. The smallest absolute Gasteiger partial charge is 0.137 e. The van der Waals surface area contributed by atoms with Crippen LogP contribution in [0.15, 0.2) is 18.2 Å². The molecule has 1 atom stereocenters. The van der Waals surface area contributed by atoms with E-state index in [0.29, 0.717) is 6.42 Å². The van der Waals surface area contributed by atoms with Crippen LogP contribution in [-0.2, 0) is 11.2 Å². The largest absolute Gasteiger partial charge is 0.507 e. The van der Waals surface area contributed by atoms with E-state index in [1.807, 2.05) is 28.7 Å². The number of halogens is 1. The van der Waals surface area contributed by atoms with E-state index < -0.39 is 6.04 Å². The highest BCUT2D eigenvalue weighted by molar-refractivity contribution is 14.1. The third kappa shape index (κ3) is 2.96. The molecular weight excluding hydrogens is 281 g/mol.